The van der Waals surface area contributed by atoms with Crippen molar-refractivity contribution in [1.29, 1.82) is 0 Å². The van der Waals surface area contributed by atoms with Crippen LogP contribution in [0.1, 0.15) is 6.92 Å². The number of β-amino-alcohol motifs (C(OH)–C–C–N with tert-alkyl or cyclic N) is 1. The maximum Gasteiger partial charge on any atom is 0.324 e. The van der Waals surface area contributed by atoms with Crippen LogP contribution in [-0.4, -0.2) is 54.3 Å². The van der Waals surface area contributed by atoms with Crippen LogP contribution in [0.2, 0.25) is 5.02 Å². The first-order chi connectivity index (χ1) is 13.4. The van der Waals surface area contributed by atoms with Crippen LogP contribution in [-0.2, 0) is 4.79 Å². The Hall–Kier alpha value is -2.77. The van der Waals surface area contributed by atoms with E-state index in [0.29, 0.717) is 29.5 Å². The molecule has 0 saturated carbocycles. The molecule has 0 spiro atoms. The Morgan fingerprint density at radius 1 is 1.18 bits per heavy atom. The second kappa shape index (κ2) is 8.95. The summed E-state index contributed by atoms with van der Waals surface area (Å²) in [6.45, 7) is 2.77. The van der Waals surface area contributed by atoms with Gasteiger partial charge in [0, 0.05) is 36.4 Å². The zero-order valence-corrected chi connectivity index (χ0v) is 16.2. The molecule has 0 radical (unpaired) electrons. The monoisotopic (exact) mass is 403 g/mol. The number of halogens is 1. The molecule has 7 nitrogen and oxygen atoms in total. The molecule has 0 aromatic heterocycles. The minimum atomic E-state index is -0.816. The number of nitrogens with zero attached hydrogens (tertiary/aromatic N) is 2. The van der Waals surface area contributed by atoms with Crippen molar-refractivity contribution < 1.29 is 19.4 Å². The van der Waals surface area contributed by atoms with Gasteiger partial charge in [-0.3, -0.25) is 9.69 Å². The molecule has 0 unspecified atom stereocenters. The van der Waals surface area contributed by atoms with Gasteiger partial charge in [0.1, 0.15) is 18.5 Å². The van der Waals surface area contributed by atoms with Crippen molar-refractivity contribution in [1.82, 2.24) is 4.90 Å². The van der Waals surface area contributed by atoms with Gasteiger partial charge in [0.25, 0.3) is 0 Å². The van der Waals surface area contributed by atoms with E-state index in [1.807, 2.05) is 0 Å². The fourth-order valence-corrected chi connectivity index (χ4v) is 3.08. The molecule has 2 N–H and O–H groups in total. The van der Waals surface area contributed by atoms with Crippen molar-refractivity contribution >= 4 is 34.9 Å². The van der Waals surface area contributed by atoms with E-state index in [1.165, 1.54) is 6.92 Å². The van der Waals surface area contributed by atoms with E-state index in [4.69, 9.17) is 16.3 Å². The number of amides is 3. The molecule has 0 aliphatic carbocycles. The van der Waals surface area contributed by atoms with Crippen LogP contribution in [0.25, 0.3) is 0 Å². The normalized spacial score (nSPS) is 14.9. The third-order valence-corrected chi connectivity index (χ3v) is 4.53. The number of nitrogens with one attached hydrogen (secondary N) is 1. The molecule has 1 fully saturated rings. The Bertz CT molecular complexity index is 826. The Labute approximate surface area is 168 Å². The summed E-state index contributed by atoms with van der Waals surface area (Å²) in [5.74, 6) is 0.427. The van der Waals surface area contributed by atoms with Gasteiger partial charge in [0.15, 0.2) is 0 Å². The molecule has 2 aromatic rings. The largest absolute Gasteiger partial charge is 0.491 e. The molecule has 1 heterocycles. The standard InChI is InChI=1S/C20H22ClN3O4/c1-14(25)22-16-4-8-19(9-5-16)28-13-18(26)12-23-10-11-24(20(23)27)17-6-2-15(21)3-7-17/h2-9,18,26H,10-13H2,1H3,(H,22,25)/t18-/m0/s1. The van der Waals surface area contributed by atoms with E-state index in [2.05, 4.69) is 5.32 Å². The first-order valence-corrected chi connectivity index (χ1v) is 9.30. The average Bonchev–Trinajstić information content (AvgIpc) is 3.02. The maximum absolute atomic E-state index is 12.6. The minimum Gasteiger partial charge on any atom is -0.491 e. The highest BCUT2D eigenvalue weighted by Gasteiger charge is 2.30. The number of carbonyl (C=O) groups excluding carboxylic acids is 2. The lowest BCUT2D eigenvalue weighted by Gasteiger charge is -2.21. The van der Waals surface area contributed by atoms with Crippen molar-refractivity contribution in [3.8, 4) is 5.75 Å². The van der Waals surface area contributed by atoms with Crippen molar-refractivity contribution in [3.05, 3.63) is 53.6 Å². The van der Waals surface area contributed by atoms with Crippen LogP contribution >= 0.6 is 11.6 Å². The van der Waals surface area contributed by atoms with Gasteiger partial charge in [-0.15, -0.1) is 0 Å². The summed E-state index contributed by atoms with van der Waals surface area (Å²) in [7, 11) is 0. The van der Waals surface area contributed by atoms with Crippen molar-refractivity contribution in [3.63, 3.8) is 0 Å². The smallest absolute Gasteiger partial charge is 0.324 e. The molecule has 1 aliphatic rings. The van der Waals surface area contributed by atoms with Gasteiger partial charge < -0.3 is 20.1 Å². The highest BCUT2D eigenvalue weighted by molar-refractivity contribution is 6.30. The summed E-state index contributed by atoms with van der Waals surface area (Å²) < 4.78 is 5.57. The molecule has 1 aliphatic heterocycles. The molecule has 1 saturated heterocycles. The molecular formula is C20H22ClN3O4. The zero-order valence-electron chi connectivity index (χ0n) is 15.5. The van der Waals surface area contributed by atoms with Crippen molar-refractivity contribution in [2.45, 2.75) is 13.0 Å². The van der Waals surface area contributed by atoms with E-state index in [0.717, 1.165) is 5.69 Å². The number of hydrogen-bond acceptors (Lipinski definition) is 4. The first kappa shape index (κ1) is 20.0. The van der Waals surface area contributed by atoms with Crippen molar-refractivity contribution in [2.24, 2.45) is 0 Å². The highest BCUT2D eigenvalue weighted by Crippen LogP contribution is 2.22. The summed E-state index contributed by atoms with van der Waals surface area (Å²) in [4.78, 5) is 26.8. The number of carbonyl (C=O) groups is 2. The molecule has 0 bridgehead atoms. The predicted molar refractivity (Wildman–Crippen MR) is 108 cm³/mol. The minimum absolute atomic E-state index is 0.0597. The third kappa shape index (κ3) is 5.15. The van der Waals surface area contributed by atoms with Crippen LogP contribution in [0, 0.1) is 0 Å². The third-order valence-electron chi connectivity index (χ3n) is 4.28. The average molecular weight is 404 g/mol. The Balaban J connectivity index is 1.48. The van der Waals surface area contributed by atoms with E-state index in [-0.39, 0.29) is 25.1 Å². The quantitative estimate of drug-likeness (QED) is 0.744. The Morgan fingerprint density at radius 3 is 2.50 bits per heavy atom. The molecule has 28 heavy (non-hydrogen) atoms. The van der Waals surface area contributed by atoms with Crippen LogP contribution in [0.4, 0.5) is 16.2 Å². The van der Waals surface area contributed by atoms with Gasteiger partial charge in [-0.1, -0.05) is 11.6 Å². The van der Waals surface area contributed by atoms with Gasteiger partial charge >= 0.3 is 6.03 Å². The molecule has 3 rings (SSSR count). The molecular weight excluding hydrogens is 382 g/mol. The Morgan fingerprint density at radius 2 is 1.86 bits per heavy atom. The van der Waals surface area contributed by atoms with E-state index < -0.39 is 6.10 Å². The molecule has 148 valence electrons. The predicted octanol–water partition coefficient (Wildman–Crippen LogP) is 2.98. The van der Waals surface area contributed by atoms with Crippen LogP contribution in [0.3, 0.4) is 0 Å². The van der Waals surface area contributed by atoms with Gasteiger partial charge in [-0.25, -0.2) is 4.79 Å². The molecule has 8 heteroatoms. The Kier molecular flexibility index (Phi) is 6.38. The summed E-state index contributed by atoms with van der Waals surface area (Å²) in [5.41, 5.74) is 1.45. The van der Waals surface area contributed by atoms with E-state index in [9.17, 15) is 14.7 Å². The number of benzene rings is 2. The summed E-state index contributed by atoms with van der Waals surface area (Å²) in [6.07, 6.45) is -0.816. The molecule has 1 atom stereocenters. The first-order valence-electron chi connectivity index (χ1n) is 8.93. The lowest BCUT2D eigenvalue weighted by molar-refractivity contribution is -0.114. The van der Waals surface area contributed by atoms with Crippen LogP contribution in [0.15, 0.2) is 48.5 Å². The van der Waals surface area contributed by atoms with Gasteiger partial charge in [0.05, 0.1) is 6.54 Å². The maximum atomic E-state index is 12.6. The number of aliphatic hydroxyl groups is 1. The molecule has 3 amide bonds. The lowest BCUT2D eigenvalue weighted by Crippen LogP contribution is -2.39. The fraction of sp³-hybridized carbons (Fsp3) is 0.300. The summed E-state index contributed by atoms with van der Waals surface area (Å²) in [5, 5.41) is 13.5. The van der Waals surface area contributed by atoms with Crippen molar-refractivity contribution in [2.75, 3.05) is 36.5 Å². The van der Waals surface area contributed by atoms with Crippen LogP contribution < -0.4 is 15.0 Å². The van der Waals surface area contributed by atoms with Crippen LogP contribution in [0.5, 0.6) is 5.75 Å². The SMILES string of the molecule is CC(=O)Nc1ccc(OC[C@@H](O)CN2CCN(c3ccc(Cl)cc3)C2=O)cc1. The zero-order chi connectivity index (χ0) is 20.1. The highest BCUT2D eigenvalue weighted by atomic mass is 35.5. The fourth-order valence-electron chi connectivity index (χ4n) is 2.95. The molecule has 2 aromatic carbocycles. The summed E-state index contributed by atoms with van der Waals surface area (Å²) >= 11 is 5.89. The number of rotatable bonds is 7. The second-order valence-corrected chi connectivity index (χ2v) is 6.96. The van der Waals surface area contributed by atoms with Gasteiger partial charge in [-0.2, -0.15) is 0 Å². The number of urea groups is 1. The van der Waals surface area contributed by atoms with E-state index >= 15 is 0 Å². The lowest BCUT2D eigenvalue weighted by atomic mass is 10.3. The number of hydrogen-bond donors (Lipinski definition) is 2. The van der Waals surface area contributed by atoms with E-state index in [1.54, 1.807) is 58.3 Å². The van der Waals surface area contributed by atoms with Gasteiger partial charge in [0.2, 0.25) is 5.91 Å². The number of anilines is 2. The second-order valence-electron chi connectivity index (χ2n) is 6.53. The topological polar surface area (TPSA) is 82.1 Å². The number of aliphatic hydroxyl groups excluding tert-OH is 1. The van der Waals surface area contributed by atoms with Gasteiger partial charge in [-0.05, 0) is 48.5 Å². The number of ether oxygens (including phenoxy) is 1. The summed E-state index contributed by atoms with van der Waals surface area (Å²) in [6, 6.07) is 13.8.